The van der Waals surface area contributed by atoms with Crippen LogP contribution < -0.4 is 0 Å². The van der Waals surface area contributed by atoms with E-state index in [2.05, 4.69) is 15.2 Å². The van der Waals surface area contributed by atoms with Gasteiger partial charge in [-0.25, -0.2) is 0 Å². The van der Waals surface area contributed by atoms with Crippen molar-refractivity contribution in [3.63, 3.8) is 0 Å². The van der Waals surface area contributed by atoms with Gasteiger partial charge >= 0.3 is 0 Å². The van der Waals surface area contributed by atoms with Crippen molar-refractivity contribution in [3.05, 3.63) is 16.0 Å². The molecule has 0 aromatic carbocycles. The van der Waals surface area contributed by atoms with E-state index >= 15 is 0 Å². The molecule has 0 aliphatic heterocycles. The molecule has 1 N–H and O–H groups in total. The van der Waals surface area contributed by atoms with Gasteiger partial charge in [-0.05, 0) is 12.2 Å². The molecule has 12 heavy (non-hydrogen) atoms. The van der Waals surface area contributed by atoms with Crippen molar-refractivity contribution in [1.82, 2.24) is 19.7 Å². The van der Waals surface area contributed by atoms with Crippen LogP contribution in [0.4, 0.5) is 0 Å². The van der Waals surface area contributed by atoms with Crippen LogP contribution in [-0.2, 0) is 7.05 Å². The minimum absolute atomic E-state index is 0.368. The first-order valence-electron chi connectivity index (χ1n) is 3.26. The highest BCUT2D eigenvalue weighted by Gasteiger charge is 2.02. The quantitative estimate of drug-likeness (QED) is 0.659. The van der Waals surface area contributed by atoms with Gasteiger partial charge in [0, 0.05) is 13.1 Å². The smallest absolute Gasteiger partial charge is 0.179 e. The standard InChI is InChI=1S/C6H5ClN4S/c1-11-3-2-4(7)9-10-5(3)8-6(11)12/h2H,1H3,(H,8,10,12). The molecule has 4 nitrogen and oxygen atoms in total. The van der Waals surface area contributed by atoms with E-state index in [0.29, 0.717) is 15.6 Å². The van der Waals surface area contributed by atoms with Crippen molar-refractivity contribution >= 4 is 35.0 Å². The van der Waals surface area contributed by atoms with Crippen LogP contribution in [0.5, 0.6) is 0 Å². The summed E-state index contributed by atoms with van der Waals surface area (Å²) in [6.07, 6.45) is 0. The van der Waals surface area contributed by atoms with Crippen molar-refractivity contribution < 1.29 is 0 Å². The zero-order valence-corrected chi connectivity index (χ0v) is 7.78. The Morgan fingerprint density at radius 2 is 2.33 bits per heavy atom. The molecule has 0 unspecified atom stereocenters. The molecule has 6 heteroatoms. The van der Waals surface area contributed by atoms with E-state index in [4.69, 9.17) is 23.8 Å². The Bertz CT molecular complexity index is 486. The van der Waals surface area contributed by atoms with Gasteiger partial charge in [-0.15, -0.1) is 10.2 Å². The molecule has 0 saturated carbocycles. The van der Waals surface area contributed by atoms with Crippen LogP contribution in [0.1, 0.15) is 0 Å². The Morgan fingerprint density at radius 1 is 1.58 bits per heavy atom. The summed E-state index contributed by atoms with van der Waals surface area (Å²) in [7, 11) is 1.85. The Labute approximate surface area is 78.2 Å². The number of aromatic amines is 1. The highest BCUT2D eigenvalue weighted by atomic mass is 35.5. The van der Waals surface area contributed by atoms with Gasteiger partial charge in [0.05, 0.1) is 5.52 Å². The van der Waals surface area contributed by atoms with E-state index < -0.39 is 0 Å². The molecule has 2 aromatic heterocycles. The van der Waals surface area contributed by atoms with Crippen LogP contribution in [0.2, 0.25) is 5.15 Å². The second-order valence-corrected chi connectivity index (χ2v) is 3.16. The number of halogens is 1. The highest BCUT2D eigenvalue weighted by Crippen LogP contribution is 2.12. The van der Waals surface area contributed by atoms with Crippen molar-refractivity contribution in [1.29, 1.82) is 0 Å². The molecule has 2 heterocycles. The van der Waals surface area contributed by atoms with E-state index in [-0.39, 0.29) is 0 Å². The van der Waals surface area contributed by atoms with Crippen LogP contribution in [0.15, 0.2) is 6.07 Å². The fourth-order valence-electron chi connectivity index (χ4n) is 0.998. The number of aromatic nitrogens is 4. The second-order valence-electron chi connectivity index (χ2n) is 2.39. The predicted octanol–water partition coefficient (Wildman–Crippen LogP) is 1.68. The maximum atomic E-state index is 5.67. The Kier molecular flexibility index (Phi) is 1.62. The number of H-pyrrole nitrogens is 1. The summed E-state index contributed by atoms with van der Waals surface area (Å²) >= 11 is 10.7. The number of rotatable bonds is 0. The van der Waals surface area contributed by atoms with Gasteiger partial charge in [0.25, 0.3) is 0 Å². The fourth-order valence-corrected chi connectivity index (χ4v) is 1.33. The lowest BCUT2D eigenvalue weighted by Gasteiger charge is -1.91. The second kappa shape index (κ2) is 2.53. The first-order chi connectivity index (χ1) is 5.68. The summed E-state index contributed by atoms with van der Waals surface area (Å²) in [5.74, 6) is 0. The lowest BCUT2D eigenvalue weighted by atomic mass is 10.5. The van der Waals surface area contributed by atoms with Gasteiger partial charge in [-0.2, -0.15) is 0 Å². The van der Waals surface area contributed by atoms with Gasteiger partial charge in [0.1, 0.15) is 0 Å². The molecular weight excluding hydrogens is 196 g/mol. The first kappa shape index (κ1) is 7.70. The monoisotopic (exact) mass is 200 g/mol. The topological polar surface area (TPSA) is 46.5 Å². The number of aryl methyl sites for hydroxylation is 1. The van der Waals surface area contributed by atoms with Gasteiger partial charge in [0.15, 0.2) is 15.6 Å². The molecule has 62 valence electrons. The lowest BCUT2D eigenvalue weighted by Crippen LogP contribution is -1.88. The summed E-state index contributed by atoms with van der Waals surface area (Å²) < 4.78 is 2.41. The summed E-state index contributed by atoms with van der Waals surface area (Å²) in [4.78, 5) is 2.90. The van der Waals surface area contributed by atoms with Crippen molar-refractivity contribution in [2.45, 2.75) is 0 Å². The van der Waals surface area contributed by atoms with Crippen LogP contribution >= 0.6 is 23.8 Å². The van der Waals surface area contributed by atoms with E-state index in [1.807, 2.05) is 7.05 Å². The number of hydrogen-bond acceptors (Lipinski definition) is 3. The molecule has 2 aromatic rings. The van der Waals surface area contributed by atoms with Crippen LogP contribution in [0.3, 0.4) is 0 Å². The summed E-state index contributed by atoms with van der Waals surface area (Å²) in [5, 5.41) is 7.89. The molecular formula is C6H5ClN4S. The number of nitrogens with one attached hydrogen (secondary N) is 1. The van der Waals surface area contributed by atoms with E-state index in [1.165, 1.54) is 0 Å². The maximum Gasteiger partial charge on any atom is 0.179 e. The third-order valence-corrected chi connectivity index (χ3v) is 2.20. The van der Waals surface area contributed by atoms with E-state index in [9.17, 15) is 0 Å². The third-order valence-electron chi connectivity index (χ3n) is 1.64. The summed E-state index contributed by atoms with van der Waals surface area (Å²) in [6.45, 7) is 0. The number of hydrogen-bond donors (Lipinski definition) is 1. The normalized spacial score (nSPS) is 10.8. The Hall–Kier alpha value is -0.940. The fraction of sp³-hybridized carbons (Fsp3) is 0.167. The number of imidazole rings is 1. The zero-order valence-electron chi connectivity index (χ0n) is 6.21. The minimum Gasteiger partial charge on any atom is -0.318 e. The Balaban J connectivity index is 2.98. The number of nitrogens with zero attached hydrogens (tertiary/aromatic N) is 3. The predicted molar refractivity (Wildman–Crippen MR) is 48.7 cm³/mol. The lowest BCUT2D eigenvalue weighted by molar-refractivity contribution is 0.926. The number of fused-ring (bicyclic) bond motifs is 1. The van der Waals surface area contributed by atoms with Gasteiger partial charge in [0.2, 0.25) is 0 Å². The van der Waals surface area contributed by atoms with Crippen LogP contribution in [-0.4, -0.2) is 19.7 Å². The molecule has 0 fully saturated rings. The van der Waals surface area contributed by atoms with Crippen LogP contribution in [0.25, 0.3) is 11.2 Å². The average molecular weight is 201 g/mol. The molecule has 0 aliphatic rings. The molecule has 0 spiro atoms. The van der Waals surface area contributed by atoms with Crippen molar-refractivity contribution in [3.8, 4) is 0 Å². The molecule has 0 saturated heterocycles. The molecule has 0 atom stereocenters. The highest BCUT2D eigenvalue weighted by molar-refractivity contribution is 7.71. The third kappa shape index (κ3) is 1.02. The van der Waals surface area contributed by atoms with Crippen molar-refractivity contribution in [2.75, 3.05) is 0 Å². The minimum atomic E-state index is 0.368. The van der Waals surface area contributed by atoms with E-state index in [1.54, 1.807) is 10.6 Å². The van der Waals surface area contributed by atoms with Gasteiger partial charge < -0.3 is 9.55 Å². The first-order valence-corrected chi connectivity index (χ1v) is 4.05. The molecule has 0 aliphatic carbocycles. The van der Waals surface area contributed by atoms with Crippen LogP contribution in [0, 0.1) is 4.77 Å². The molecule has 0 amide bonds. The average Bonchev–Trinajstić information content (AvgIpc) is 2.31. The Morgan fingerprint density at radius 3 is 3.08 bits per heavy atom. The SMILES string of the molecule is Cn1c(=S)[nH]c2nnc(Cl)cc21. The largest absolute Gasteiger partial charge is 0.318 e. The molecule has 0 radical (unpaired) electrons. The van der Waals surface area contributed by atoms with Gasteiger partial charge in [-0.3, -0.25) is 0 Å². The van der Waals surface area contributed by atoms with Crippen molar-refractivity contribution in [2.24, 2.45) is 7.05 Å². The summed E-state index contributed by atoms with van der Waals surface area (Å²) in [5.41, 5.74) is 1.52. The zero-order chi connectivity index (χ0) is 8.72. The molecule has 2 rings (SSSR count). The maximum absolute atomic E-state index is 5.67. The van der Waals surface area contributed by atoms with Gasteiger partial charge in [-0.1, -0.05) is 11.6 Å². The molecule has 0 bridgehead atoms. The summed E-state index contributed by atoms with van der Waals surface area (Å²) in [6, 6.07) is 1.72. The van der Waals surface area contributed by atoms with E-state index in [0.717, 1.165) is 5.52 Å².